The van der Waals surface area contributed by atoms with Crippen LogP contribution in [0.5, 0.6) is 0 Å². The number of ether oxygens (including phenoxy) is 1. The normalized spacial score (nSPS) is 25.4. The molecule has 0 spiro atoms. The maximum absolute atomic E-state index is 13.7. The van der Waals surface area contributed by atoms with Crippen LogP contribution >= 0.6 is 0 Å². The van der Waals surface area contributed by atoms with Crippen molar-refractivity contribution >= 4 is 22.7 Å². The van der Waals surface area contributed by atoms with E-state index in [2.05, 4.69) is 4.98 Å². The Balaban J connectivity index is 1.58. The van der Waals surface area contributed by atoms with Gasteiger partial charge in [0.2, 0.25) is 11.8 Å². The van der Waals surface area contributed by atoms with Gasteiger partial charge in [-0.2, -0.15) is 0 Å². The summed E-state index contributed by atoms with van der Waals surface area (Å²) in [6.07, 6.45) is 2.14. The predicted octanol–water partition coefficient (Wildman–Crippen LogP) is 2.04. The van der Waals surface area contributed by atoms with Gasteiger partial charge >= 0.3 is 0 Å². The van der Waals surface area contributed by atoms with Gasteiger partial charge in [0, 0.05) is 29.1 Å². The first-order valence-electron chi connectivity index (χ1n) is 9.41. The Morgan fingerprint density at radius 3 is 2.96 bits per heavy atom. The summed E-state index contributed by atoms with van der Waals surface area (Å²) in [6.45, 7) is 2.89. The molecule has 2 amide bonds. The molecule has 1 saturated carbocycles. The lowest BCUT2D eigenvalue weighted by molar-refractivity contribution is -0.153. The molecule has 1 aromatic carbocycles. The number of nitrogens with one attached hydrogen (secondary N) is 1. The first-order chi connectivity index (χ1) is 12.9. The van der Waals surface area contributed by atoms with Crippen molar-refractivity contribution in [1.82, 2.24) is 9.88 Å². The fourth-order valence-electron chi connectivity index (χ4n) is 4.51. The quantitative estimate of drug-likeness (QED) is 0.863. The number of fused-ring (bicyclic) bond motifs is 2. The number of benzene rings is 1. The number of aryl methyl sites for hydroxylation is 1. The molecule has 0 bridgehead atoms. The Bertz CT molecular complexity index is 894. The third kappa shape index (κ3) is 3.32. The molecule has 0 radical (unpaired) electrons. The first-order valence-corrected chi connectivity index (χ1v) is 9.41. The Kier molecular flexibility index (Phi) is 4.63. The maximum Gasteiger partial charge on any atom is 0.227 e. The second kappa shape index (κ2) is 6.96. The van der Waals surface area contributed by atoms with E-state index in [1.807, 2.05) is 11.8 Å². The number of nitrogens with zero attached hydrogens (tertiary/aromatic N) is 1. The minimum absolute atomic E-state index is 0.0216. The van der Waals surface area contributed by atoms with Crippen LogP contribution in [0, 0.1) is 18.7 Å². The van der Waals surface area contributed by atoms with Crippen molar-refractivity contribution in [3.05, 3.63) is 35.3 Å². The summed E-state index contributed by atoms with van der Waals surface area (Å²) in [4.78, 5) is 29.8. The van der Waals surface area contributed by atoms with Crippen LogP contribution in [0.4, 0.5) is 4.39 Å². The zero-order valence-corrected chi connectivity index (χ0v) is 15.3. The number of carbonyl (C=O) groups excluding carboxylic acids is 2. The molecule has 3 N–H and O–H groups in total. The molecule has 7 heteroatoms. The number of rotatable bonds is 3. The van der Waals surface area contributed by atoms with Gasteiger partial charge in [-0.05, 0) is 49.9 Å². The number of carbonyl (C=O) groups is 2. The molecular weight excluding hydrogens is 349 g/mol. The summed E-state index contributed by atoms with van der Waals surface area (Å²) in [6, 6.07) is 4.44. The van der Waals surface area contributed by atoms with Crippen molar-refractivity contribution in [1.29, 1.82) is 0 Å². The molecule has 4 rings (SSSR count). The summed E-state index contributed by atoms with van der Waals surface area (Å²) in [7, 11) is 0. The molecule has 6 nitrogen and oxygen atoms in total. The van der Waals surface area contributed by atoms with Crippen molar-refractivity contribution in [3.63, 3.8) is 0 Å². The largest absolute Gasteiger partial charge is 0.374 e. The summed E-state index contributed by atoms with van der Waals surface area (Å²) >= 11 is 0. The minimum atomic E-state index is -0.321. The van der Waals surface area contributed by atoms with Crippen LogP contribution in [0.15, 0.2) is 18.2 Å². The SMILES string of the molecule is Cc1[nH]c2ccc(F)cc2c1CC(=O)N1CCO[C@@H]2CC[C@H](C(N)=O)C[C@H]21. The molecule has 2 aromatic rings. The number of aromatic nitrogens is 1. The zero-order valence-electron chi connectivity index (χ0n) is 15.3. The van der Waals surface area contributed by atoms with E-state index >= 15 is 0 Å². The second-order valence-electron chi connectivity index (χ2n) is 7.57. The van der Waals surface area contributed by atoms with Gasteiger partial charge in [0.15, 0.2) is 0 Å². The van der Waals surface area contributed by atoms with Crippen molar-refractivity contribution in [3.8, 4) is 0 Å². The smallest absolute Gasteiger partial charge is 0.227 e. The van der Waals surface area contributed by atoms with E-state index in [9.17, 15) is 14.0 Å². The molecule has 2 aliphatic rings. The number of halogens is 1. The number of morpholine rings is 1. The van der Waals surface area contributed by atoms with Gasteiger partial charge in [-0.3, -0.25) is 9.59 Å². The van der Waals surface area contributed by atoms with Gasteiger partial charge in [-0.15, -0.1) is 0 Å². The van der Waals surface area contributed by atoms with E-state index < -0.39 is 0 Å². The maximum atomic E-state index is 13.7. The standard InChI is InChI=1S/C20H24FN3O3/c1-11-14(15-9-13(21)3-4-16(15)23-11)10-19(25)24-6-7-27-18-5-2-12(20(22)26)8-17(18)24/h3-4,9,12,17-18,23H,2,5-8,10H2,1H3,(H2,22,26)/t12-,17+,18+/m0/s1. The molecule has 1 aromatic heterocycles. The number of hydrogen-bond donors (Lipinski definition) is 2. The van der Waals surface area contributed by atoms with Crippen LogP contribution in [0.25, 0.3) is 10.9 Å². The highest BCUT2D eigenvalue weighted by Gasteiger charge is 2.41. The highest BCUT2D eigenvalue weighted by molar-refractivity contribution is 5.90. The Hall–Kier alpha value is -2.41. The van der Waals surface area contributed by atoms with Gasteiger partial charge in [0.25, 0.3) is 0 Å². The lowest BCUT2D eigenvalue weighted by Crippen LogP contribution is -2.57. The molecular formula is C20H24FN3O3. The monoisotopic (exact) mass is 373 g/mol. The van der Waals surface area contributed by atoms with Crippen LogP contribution in [0.1, 0.15) is 30.5 Å². The van der Waals surface area contributed by atoms with Gasteiger partial charge in [0.1, 0.15) is 5.82 Å². The molecule has 3 atom stereocenters. The third-order valence-electron chi connectivity index (χ3n) is 5.95. The molecule has 2 fully saturated rings. The molecule has 1 aliphatic heterocycles. The molecule has 2 heterocycles. The number of nitrogens with two attached hydrogens (primary N) is 1. The Morgan fingerprint density at radius 2 is 2.19 bits per heavy atom. The molecule has 1 saturated heterocycles. The lowest BCUT2D eigenvalue weighted by Gasteiger charge is -2.45. The summed E-state index contributed by atoms with van der Waals surface area (Å²) in [5.74, 6) is -0.869. The number of H-pyrrole nitrogens is 1. The van der Waals surface area contributed by atoms with Crippen LogP contribution in [0.2, 0.25) is 0 Å². The topological polar surface area (TPSA) is 88.4 Å². The zero-order chi connectivity index (χ0) is 19.1. The van der Waals surface area contributed by atoms with Crippen molar-refractivity contribution in [2.45, 2.75) is 44.8 Å². The number of hydrogen-bond acceptors (Lipinski definition) is 3. The van der Waals surface area contributed by atoms with Crippen molar-refractivity contribution in [2.24, 2.45) is 11.7 Å². The summed E-state index contributed by atoms with van der Waals surface area (Å²) in [5.41, 5.74) is 8.00. The summed E-state index contributed by atoms with van der Waals surface area (Å²) < 4.78 is 19.5. The molecule has 144 valence electrons. The van der Waals surface area contributed by atoms with Crippen LogP contribution in [0.3, 0.4) is 0 Å². The number of amides is 2. The summed E-state index contributed by atoms with van der Waals surface area (Å²) in [5, 5.41) is 0.740. The Morgan fingerprint density at radius 1 is 1.37 bits per heavy atom. The van der Waals surface area contributed by atoms with E-state index in [0.717, 1.165) is 28.6 Å². The lowest BCUT2D eigenvalue weighted by atomic mass is 9.81. The number of aromatic amines is 1. The van der Waals surface area contributed by atoms with Crippen molar-refractivity contribution < 1.29 is 18.7 Å². The fourth-order valence-corrected chi connectivity index (χ4v) is 4.51. The van der Waals surface area contributed by atoms with E-state index in [-0.39, 0.29) is 42.1 Å². The van der Waals surface area contributed by atoms with Crippen LogP contribution in [-0.2, 0) is 20.7 Å². The van der Waals surface area contributed by atoms with Gasteiger partial charge in [-0.25, -0.2) is 4.39 Å². The van der Waals surface area contributed by atoms with E-state index in [4.69, 9.17) is 10.5 Å². The third-order valence-corrected chi connectivity index (χ3v) is 5.95. The highest BCUT2D eigenvalue weighted by Crippen LogP contribution is 2.33. The highest BCUT2D eigenvalue weighted by atomic mass is 19.1. The number of primary amides is 1. The fraction of sp³-hybridized carbons (Fsp3) is 0.500. The second-order valence-corrected chi connectivity index (χ2v) is 7.57. The average Bonchev–Trinajstić information content (AvgIpc) is 2.95. The molecule has 27 heavy (non-hydrogen) atoms. The van der Waals surface area contributed by atoms with Gasteiger partial charge < -0.3 is 20.4 Å². The predicted molar refractivity (Wildman–Crippen MR) is 98.5 cm³/mol. The van der Waals surface area contributed by atoms with E-state index in [1.165, 1.54) is 12.1 Å². The van der Waals surface area contributed by atoms with Crippen LogP contribution in [-0.4, -0.2) is 47.0 Å². The van der Waals surface area contributed by atoms with Gasteiger partial charge in [-0.1, -0.05) is 0 Å². The average molecular weight is 373 g/mol. The molecule has 0 unspecified atom stereocenters. The van der Waals surface area contributed by atoms with E-state index in [0.29, 0.717) is 26.0 Å². The van der Waals surface area contributed by atoms with Gasteiger partial charge in [0.05, 0.1) is 25.2 Å². The minimum Gasteiger partial charge on any atom is -0.374 e. The van der Waals surface area contributed by atoms with E-state index in [1.54, 1.807) is 6.07 Å². The first kappa shape index (κ1) is 18.0. The molecule has 1 aliphatic carbocycles. The van der Waals surface area contributed by atoms with Crippen LogP contribution < -0.4 is 5.73 Å². The van der Waals surface area contributed by atoms with Crippen molar-refractivity contribution in [2.75, 3.05) is 13.2 Å². The Labute approximate surface area is 156 Å².